The van der Waals surface area contributed by atoms with Gasteiger partial charge >= 0.3 is 0 Å². The molecule has 0 unspecified atom stereocenters. The monoisotopic (exact) mass is 495 g/mol. The molecule has 0 saturated carbocycles. The summed E-state index contributed by atoms with van der Waals surface area (Å²) in [5.74, 6) is 0. The lowest BCUT2D eigenvalue weighted by atomic mass is 9.72. The molecule has 0 atom stereocenters. The molecule has 0 aliphatic carbocycles. The predicted octanol–water partition coefficient (Wildman–Crippen LogP) is 10.9. The minimum Gasteiger partial charge on any atom is -0.356 e. The second-order valence-corrected chi connectivity index (χ2v) is 14.6. The van der Waals surface area contributed by atoms with E-state index in [2.05, 4.69) is 154 Å². The number of benzene rings is 3. The summed E-state index contributed by atoms with van der Waals surface area (Å²) >= 11 is 0. The van der Waals surface area contributed by atoms with Crippen LogP contribution in [0.15, 0.2) is 79.4 Å². The van der Waals surface area contributed by atoms with E-state index in [1.165, 1.54) is 16.7 Å². The first kappa shape index (κ1) is 28.8. The first-order chi connectivity index (χ1) is 17.0. The number of hydrogen-bond acceptors (Lipinski definition) is 1. The zero-order chi connectivity index (χ0) is 27.6. The third kappa shape index (κ3) is 8.09. The maximum Gasteiger partial charge on any atom is 0.0384 e. The summed E-state index contributed by atoms with van der Waals surface area (Å²) < 4.78 is 0. The van der Waals surface area contributed by atoms with Crippen molar-refractivity contribution in [2.75, 3.05) is 5.32 Å². The van der Waals surface area contributed by atoms with Crippen molar-refractivity contribution in [3.8, 4) is 0 Å². The van der Waals surface area contributed by atoms with Crippen molar-refractivity contribution in [3.63, 3.8) is 0 Å². The van der Waals surface area contributed by atoms with Gasteiger partial charge in [-0.2, -0.15) is 0 Å². The lowest BCUT2D eigenvalue weighted by Gasteiger charge is -2.33. The molecule has 3 aromatic carbocycles. The summed E-state index contributed by atoms with van der Waals surface area (Å²) in [6.45, 7) is 27.6. The van der Waals surface area contributed by atoms with Crippen molar-refractivity contribution in [2.45, 2.75) is 92.9 Å². The van der Waals surface area contributed by atoms with E-state index >= 15 is 0 Å². The lowest BCUT2D eigenvalue weighted by Crippen LogP contribution is -2.24. The number of hydrogen-bond donors (Lipinski definition) is 1. The van der Waals surface area contributed by atoms with Crippen molar-refractivity contribution >= 4 is 16.9 Å². The minimum atomic E-state index is 0.145. The Morgan fingerprint density at radius 3 is 1.16 bits per heavy atom. The van der Waals surface area contributed by atoms with E-state index in [1.807, 2.05) is 0 Å². The lowest BCUT2D eigenvalue weighted by molar-refractivity contribution is 0.283. The largest absolute Gasteiger partial charge is 0.356 e. The molecule has 0 aliphatic heterocycles. The summed E-state index contributed by atoms with van der Waals surface area (Å²) in [6.07, 6.45) is 2.29. The zero-order valence-corrected chi connectivity index (χ0v) is 25.0. The number of nitrogens with one attached hydrogen (secondary N) is 1. The van der Waals surface area contributed by atoms with Crippen LogP contribution in [0.1, 0.15) is 104 Å². The molecule has 1 nitrogen and oxygen atoms in total. The van der Waals surface area contributed by atoms with Crippen LogP contribution in [0.3, 0.4) is 0 Å². The molecule has 0 amide bonds. The third-order valence-electron chi connectivity index (χ3n) is 7.15. The molecule has 37 heavy (non-hydrogen) atoms. The van der Waals surface area contributed by atoms with Gasteiger partial charge < -0.3 is 5.32 Å². The summed E-state index contributed by atoms with van der Waals surface area (Å²) in [6, 6.07) is 26.5. The number of rotatable bonds is 8. The van der Waals surface area contributed by atoms with Gasteiger partial charge in [-0.1, -0.05) is 124 Å². The maximum atomic E-state index is 4.40. The fourth-order valence-electron chi connectivity index (χ4n) is 6.07. The van der Waals surface area contributed by atoms with Crippen LogP contribution in [0.2, 0.25) is 0 Å². The van der Waals surface area contributed by atoms with E-state index in [-0.39, 0.29) is 10.8 Å². The van der Waals surface area contributed by atoms with E-state index in [1.54, 1.807) is 0 Å². The summed E-state index contributed by atoms with van der Waals surface area (Å²) in [5, 5.41) is 3.55. The van der Waals surface area contributed by atoms with Gasteiger partial charge in [-0.05, 0) is 86.6 Å². The van der Waals surface area contributed by atoms with Gasteiger partial charge in [0.1, 0.15) is 0 Å². The second-order valence-electron chi connectivity index (χ2n) is 14.6. The molecule has 0 aromatic heterocycles. The molecule has 3 aromatic rings. The molecule has 198 valence electrons. The summed E-state index contributed by atoms with van der Waals surface area (Å²) in [5.41, 5.74) is 9.22. The highest BCUT2D eigenvalue weighted by molar-refractivity contribution is 5.79. The van der Waals surface area contributed by atoms with Crippen LogP contribution in [-0.2, 0) is 10.8 Å². The molecule has 0 fully saturated rings. The van der Waals surface area contributed by atoms with Crippen LogP contribution in [0, 0.1) is 10.8 Å². The normalized spacial score (nSPS) is 12.9. The predicted molar refractivity (Wildman–Crippen MR) is 165 cm³/mol. The Morgan fingerprint density at radius 2 is 0.811 bits per heavy atom. The molecule has 0 aliphatic rings. The topological polar surface area (TPSA) is 12.0 Å². The Morgan fingerprint density at radius 1 is 0.514 bits per heavy atom. The Hall–Kier alpha value is -2.80. The molecular weight excluding hydrogens is 446 g/mol. The fraction of sp³-hybridized carbons (Fsp3) is 0.444. The molecule has 0 heterocycles. The zero-order valence-electron chi connectivity index (χ0n) is 25.0. The quantitative estimate of drug-likeness (QED) is 0.327. The smallest absolute Gasteiger partial charge is 0.0384 e. The Kier molecular flexibility index (Phi) is 8.18. The van der Waals surface area contributed by atoms with Gasteiger partial charge in [-0.25, -0.2) is 0 Å². The summed E-state index contributed by atoms with van der Waals surface area (Å²) in [4.78, 5) is 0. The van der Waals surface area contributed by atoms with Crippen LogP contribution in [0.4, 0.5) is 11.4 Å². The van der Waals surface area contributed by atoms with Crippen LogP contribution >= 0.6 is 0 Å². The van der Waals surface area contributed by atoms with Gasteiger partial charge in [0.25, 0.3) is 0 Å². The molecule has 0 spiro atoms. The first-order valence-electron chi connectivity index (χ1n) is 13.7. The van der Waals surface area contributed by atoms with Gasteiger partial charge in [0.05, 0.1) is 0 Å². The average molecular weight is 496 g/mol. The van der Waals surface area contributed by atoms with Crippen LogP contribution in [-0.4, -0.2) is 0 Å². The Labute approximate surface area is 227 Å². The van der Waals surface area contributed by atoms with Gasteiger partial charge in [-0.3, -0.25) is 0 Å². The van der Waals surface area contributed by atoms with Gasteiger partial charge in [0, 0.05) is 11.4 Å². The van der Waals surface area contributed by atoms with E-state index in [4.69, 9.17) is 0 Å². The average Bonchev–Trinajstić information content (AvgIpc) is 2.76. The molecule has 0 radical (unpaired) electrons. The third-order valence-corrected chi connectivity index (χ3v) is 7.15. The van der Waals surface area contributed by atoms with Gasteiger partial charge in [0.2, 0.25) is 0 Å². The number of anilines is 2. The van der Waals surface area contributed by atoms with E-state index in [0.717, 1.165) is 35.4 Å². The minimum absolute atomic E-state index is 0.145. The highest BCUT2D eigenvalue weighted by Crippen LogP contribution is 2.38. The molecule has 1 N–H and O–H groups in total. The van der Waals surface area contributed by atoms with Crippen LogP contribution in [0.25, 0.3) is 5.57 Å². The molecule has 1 heteroatoms. The van der Waals surface area contributed by atoms with Crippen molar-refractivity contribution in [3.05, 3.63) is 102 Å². The van der Waals surface area contributed by atoms with Crippen LogP contribution in [0.5, 0.6) is 0 Å². The molecule has 3 rings (SSSR count). The summed E-state index contributed by atoms with van der Waals surface area (Å²) in [7, 11) is 0. The Balaban J connectivity index is 1.67. The maximum absolute atomic E-state index is 4.40. The van der Waals surface area contributed by atoms with E-state index in [9.17, 15) is 0 Å². The highest BCUT2D eigenvalue weighted by atomic mass is 14.9. The van der Waals surface area contributed by atoms with Gasteiger partial charge in [0.15, 0.2) is 0 Å². The van der Waals surface area contributed by atoms with Crippen molar-refractivity contribution < 1.29 is 0 Å². The molecule has 0 saturated heterocycles. The molecular formula is C36H49N. The first-order valence-corrected chi connectivity index (χ1v) is 13.7. The standard InChI is InChI=1S/C36H49N/c1-26(27-12-16-29(17-13-27)35(8,9)24-33(2,3)4)28-14-20-31(21-15-28)37-32-22-18-30(19-23-32)36(10,11)25-34(5,6)7/h12-23,37H,1,24-25H2,2-11H3. The SMILES string of the molecule is C=C(c1ccc(Nc2ccc(C(C)(C)CC(C)(C)C)cc2)cc1)c1ccc(C(C)(C)CC(C)(C)C)cc1. The van der Waals surface area contributed by atoms with Gasteiger partial charge in [-0.15, -0.1) is 0 Å². The second kappa shape index (κ2) is 10.5. The van der Waals surface area contributed by atoms with Crippen molar-refractivity contribution in [1.29, 1.82) is 0 Å². The molecule has 0 bridgehead atoms. The fourth-order valence-corrected chi connectivity index (χ4v) is 6.07. The van der Waals surface area contributed by atoms with E-state index < -0.39 is 0 Å². The Bertz CT molecular complexity index is 1180. The highest BCUT2D eigenvalue weighted by Gasteiger charge is 2.28. The van der Waals surface area contributed by atoms with Crippen molar-refractivity contribution in [1.82, 2.24) is 0 Å². The van der Waals surface area contributed by atoms with Crippen molar-refractivity contribution in [2.24, 2.45) is 10.8 Å². The van der Waals surface area contributed by atoms with Crippen LogP contribution < -0.4 is 5.32 Å². The van der Waals surface area contributed by atoms with E-state index in [0.29, 0.717) is 10.8 Å².